The molecule has 1 atom stereocenters. The van der Waals surface area contributed by atoms with Gasteiger partial charge in [-0.15, -0.1) is 10.2 Å². The smallest absolute Gasteiger partial charge is 0.236 e. The first-order chi connectivity index (χ1) is 14.6. The van der Waals surface area contributed by atoms with Crippen LogP contribution in [0.5, 0.6) is 5.75 Å². The van der Waals surface area contributed by atoms with E-state index in [1.54, 1.807) is 7.11 Å². The van der Waals surface area contributed by atoms with Crippen molar-refractivity contribution in [1.82, 2.24) is 19.7 Å². The average Bonchev–Trinajstić information content (AvgIpc) is 3.20. The number of amides is 1. The van der Waals surface area contributed by atoms with Crippen molar-refractivity contribution < 1.29 is 9.53 Å². The fraction of sp³-hybridized carbons (Fsp3) is 0.348. The zero-order valence-electron chi connectivity index (χ0n) is 17.5. The summed E-state index contributed by atoms with van der Waals surface area (Å²) >= 11 is 1.46. The zero-order chi connectivity index (χ0) is 21.1. The maximum Gasteiger partial charge on any atom is 0.236 e. The largest absolute Gasteiger partial charge is 0.496 e. The Morgan fingerprint density at radius 1 is 1.13 bits per heavy atom. The number of methoxy groups -OCH3 is 1. The van der Waals surface area contributed by atoms with Crippen LogP contribution >= 0.6 is 11.8 Å². The first-order valence-corrected chi connectivity index (χ1v) is 11.1. The maximum absolute atomic E-state index is 13.1. The first kappa shape index (κ1) is 20.5. The highest BCUT2D eigenvalue weighted by atomic mass is 32.2. The van der Waals surface area contributed by atoms with Crippen molar-refractivity contribution in [3.63, 3.8) is 0 Å². The van der Waals surface area contributed by atoms with Gasteiger partial charge < -0.3 is 14.2 Å². The molecule has 2 heterocycles. The topological polar surface area (TPSA) is 60.2 Å². The van der Waals surface area contributed by atoms with Gasteiger partial charge in [0.25, 0.3) is 0 Å². The molecule has 1 aliphatic heterocycles. The van der Waals surface area contributed by atoms with Crippen LogP contribution in [0.15, 0.2) is 53.7 Å². The van der Waals surface area contributed by atoms with Crippen molar-refractivity contribution in [2.75, 3.05) is 13.7 Å². The number of nitrogens with zero attached hydrogens (tertiary/aromatic N) is 4. The lowest BCUT2D eigenvalue weighted by Crippen LogP contribution is -2.40. The van der Waals surface area contributed by atoms with E-state index in [2.05, 4.69) is 35.3 Å². The van der Waals surface area contributed by atoms with Gasteiger partial charge in [0.2, 0.25) is 5.91 Å². The number of thioether (sulfide) groups is 1. The van der Waals surface area contributed by atoms with Gasteiger partial charge in [-0.2, -0.15) is 0 Å². The Labute approximate surface area is 181 Å². The van der Waals surface area contributed by atoms with E-state index in [9.17, 15) is 4.79 Å². The molecule has 1 aromatic heterocycles. The van der Waals surface area contributed by atoms with Gasteiger partial charge in [-0.25, -0.2) is 0 Å². The minimum Gasteiger partial charge on any atom is -0.496 e. The van der Waals surface area contributed by atoms with Crippen LogP contribution < -0.4 is 4.74 Å². The third-order valence-corrected chi connectivity index (χ3v) is 6.52. The van der Waals surface area contributed by atoms with Crippen molar-refractivity contribution >= 4 is 17.7 Å². The van der Waals surface area contributed by atoms with Gasteiger partial charge in [0.15, 0.2) is 11.0 Å². The number of carbonyl (C=O) groups excluding carboxylic acids is 1. The molecule has 0 radical (unpaired) electrons. The van der Waals surface area contributed by atoms with Gasteiger partial charge in [0.1, 0.15) is 5.75 Å². The van der Waals surface area contributed by atoms with Gasteiger partial charge in [0, 0.05) is 19.6 Å². The molecule has 1 unspecified atom stereocenters. The lowest BCUT2D eigenvalue weighted by atomic mass is 10.00. The normalized spacial score (nSPS) is 14.3. The summed E-state index contributed by atoms with van der Waals surface area (Å²) < 4.78 is 7.53. The molecule has 0 fully saturated rings. The van der Waals surface area contributed by atoms with Crippen LogP contribution in [0.4, 0.5) is 0 Å². The Kier molecular flexibility index (Phi) is 6.08. The lowest BCUT2D eigenvalue weighted by molar-refractivity contribution is -0.131. The Morgan fingerprint density at radius 2 is 1.87 bits per heavy atom. The summed E-state index contributed by atoms with van der Waals surface area (Å²) in [5, 5.41) is 9.31. The molecule has 0 saturated carbocycles. The van der Waals surface area contributed by atoms with Crippen molar-refractivity contribution in [2.45, 2.75) is 43.8 Å². The number of benzene rings is 2. The molecule has 0 N–H and O–H groups in total. The molecule has 2 aromatic carbocycles. The summed E-state index contributed by atoms with van der Waals surface area (Å²) in [6.45, 7) is 6.15. The third-order valence-electron chi connectivity index (χ3n) is 5.45. The number of para-hydroxylation sites is 1. The van der Waals surface area contributed by atoms with E-state index in [0.29, 0.717) is 13.1 Å². The highest BCUT2D eigenvalue weighted by Crippen LogP contribution is 2.32. The lowest BCUT2D eigenvalue weighted by Gasteiger charge is -2.30. The summed E-state index contributed by atoms with van der Waals surface area (Å²) in [6.07, 6.45) is 0.905. The second-order valence-electron chi connectivity index (χ2n) is 7.29. The predicted molar refractivity (Wildman–Crippen MR) is 119 cm³/mol. The Morgan fingerprint density at radius 3 is 2.63 bits per heavy atom. The molecule has 0 aliphatic carbocycles. The van der Waals surface area contributed by atoms with Gasteiger partial charge >= 0.3 is 0 Å². The van der Waals surface area contributed by atoms with Crippen LogP contribution in [-0.2, 0) is 24.3 Å². The minimum atomic E-state index is -0.240. The van der Waals surface area contributed by atoms with Crippen LogP contribution in [-0.4, -0.2) is 44.5 Å². The van der Waals surface area contributed by atoms with Crippen molar-refractivity contribution in [3.05, 3.63) is 59.7 Å². The molecular formula is C23H26N4O2S. The van der Waals surface area contributed by atoms with Gasteiger partial charge in [-0.3, -0.25) is 4.79 Å². The van der Waals surface area contributed by atoms with Crippen LogP contribution in [0.3, 0.4) is 0 Å². The van der Waals surface area contributed by atoms with Gasteiger partial charge in [-0.05, 0) is 43.5 Å². The summed E-state index contributed by atoms with van der Waals surface area (Å²) in [5.41, 5.74) is 3.48. The Bertz CT molecular complexity index is 1050. The molecule has 0 bridgehead atoms. The SMILES string of the molecule is CCn1c(SC(C)C(=O)N2CCc3ccccc3C2)nnc1-c1ccccc1OC. The Balaban J connectivity index is 1.52. The number of ether oxygens (including phenoxy) is 1. The molecule has 30 heavy (non-hydrogen) atoms. The predicted octanol–water partition coefficient (Wildman–Crippen LogP) is 4.04. The second-order valence-corrected chi connectivity index (χ2v) is 8.60. The molecule has 1 aliphatic rings. The zero-order valence-corrected chi connectivity index (χ0v) is 18.4. The minimum absolute atomic E-state index is 0.138. The van der Waals surface area contributed by atoms with Crippen LogP contribution in [0.2, 0.25) is 0 Å². The molecule has 6 nitrogen and oxygen atoms in total. The first-order valence-electron chi connectivity index (χ1n) is 10.2. The van der Waals surface area contributed by atoms with Gasteiger partial charge in [0.05, 0.1) is 17.9 Å². The summed E-state index contributed by atoms with van der Waals surface area (Å²) in [7, 11) is 1.65. The standard InChI is InChI=1S/C23H26N4O2S/c1-4-27-21(19-11-7-8-12-20(19)29-3)24-25-23(27)30-16(2)22(28)26-14-13-17-9-5-6-10-18(17)15-26/h5-12,16H,4,13-15H2,1-3H3. The third kappa shape index (κ3) is 3.94. The number of fused-ring (bicyclic) bond motifs is 1. The fourth-order valence-electron chi connectivity index (χ4n) is 3.84. The van der Waals surface area contributed by atoms with E-state index in [0.717, 1.165) is 35.3 Å². The van der Waals surface area contributed by atoms with Crippen LogP contribution in [0.1, 0.15) is 25.0 Å². The average molecular weight is 423 g/mol. The van der Waals surface area contributed by atoms with E-state index in [1.807, 2.05) is 46.7 Å². The summed E-state index contributed by atoms with van der Waals surface area (Å²) in [4.78, 5) is 15.1. The molecule has 0 spiro atoms. The van der Waals surface area contributed by atoms with Crippen molar-refractivity contribution in [1.29, 1.82) is 0 Å². The highest BCUT2D eigenvalue weighted by Gasteiger charge is 2.27. The van der Waals surface area contributed by atoms with Crippen molar-refractivity contribution in [2.24, 2.45) is 0 Å². The van der Waals surface area contributed by atoms with E-state index < -0.39 is 0 Å². The molecule has 0 saturated heterocycles. The van der Waals surface area contributed by atoms with E-state index in [-0.39, 0.29) is 11.2 Å². The molecule has 3 aromatic rings. The maximum atomic E-state index is 13.1. The van der Waals surface area contributed by atoms with E-state index in [1.165, 1.54) is 22.9 Å². The number of carbonyl (C=O) groups is 1. The highest BCUT2D eigenvalue weighted by molar-refractivity contribution is 8.00. The Hall–Kier alpha value is -2.80. The monoisotopic (exact) mass is 422 g/mol. The number of hydrogen-bond acceptors (Lipinski definition) is 5. The molecule has 7 heteroatoms. The van der Waals surface area contributed by atoms with E-state index >= 15 is 0 Å². The van der Waals surface area contributed by atoms with Crippen LogP contribution in [0, 0.1) is 0 Å². The number of rotatable bonds is 6. The summed E-state index contributed by atoms with van der Waals surface area (Å²) in [5.74, 6) is 1.65. The fourth-order valence-corrected chi connectivity index (χ4v) is 4.84. The quantitative estimate of drug-likeness (QED) is 0.561. The molecule has 4 rings (SSSR count). The number of hydrogen-bond donors (Lipinski definition) is 0. The summed E-state index contributed by atoms with van der Waals surface area (Å²) in [6, 6.07) is 16.1. The van der Waals surface area contributed by atoms with E-state index in [4.69, 9.17) is 4.74 Å². The van der Waals surface area contributed by atoms with Crippen molar-refractivity contribution in [3.8, 4) is 17.1 Å². The molecule has 156 valence electrons. The number of aromatic nitrogens is 3. The molecular weight excluding hydrogens is 396 g/mol. The second kappa shape index (κ2) is 8.92. The molecule has 1 amide bonds. The van der Waals surface area contributed by atoms with Gasteiger partial charge in [-0.1, -0.05) is 48.2 Å². The van der Waals surface area contributed by atoms with Crippen LogP contribution in [0.25, 0.3) is 11.4 Å².